The van der Waals surface area contributed by atoms with E-state index in [2.05, 4.69) is 9.78 Å². The van der Waals surface area contributed by atoms with Crippen molar-refractivity contribution in [3.05, 3.63) is 0 Å². The molecule has 0 rings (SSSR count). The lowest BCUT2D eigenvalue weighted by Gasteiger charge is -2.08. The fourth-order valence-corrected chi connectivity index (χ4v) is 3.21. The molecule has 0 heterocycles. The van der Waals surface area contributed by atoms with Gasteiger partial charge in [-0.2, -0.15) is 0 Å². The van der Waals surface area contributed by atoms with Crippen LogP contribution in [0.2, 0.25) is 0 Å². The number of carboxylic acids is 1. The van der Waals surface area contributed by atoms with E-state index < -0.39 is 17.9 Å². The minimum atomic E-state index is -0.693. The molecule has 0 aromatic heterocycles. The van der Waals surface area contributed by atoms with Crippen LogP contribution in [0.4, 0.5) is 0 Å². The zero-order valence-corrected chi connectivity index (χ0v) is 19.2. The Kier molecular flexibility index (Phi) is 19.5. The summed E-state index contributed by atoms with van der Waals surface area (Å²) < 4.78 is 0. The topological polar surface area (TPSA) is 93.1 Å². The number of unbranched alkanes of at least 4 members (excludes halogenated alkanes) is 12. The Bertz CT molecular complexity index is 453. The number of carbonyl (C=O) groups is 3. The molecule has 0 unspecified atom stereocenters. The second-order valence-corrected chi connectivity index (χ2v) is 8.31. The molecule has 0 amide bonds. The molecule has 0 saturated heterocycles. The maximum atomic E-state index is 11.5. The third-order valence-corrected chi connectivity index (χ3v) is 4.99. The average molecular weight is 430 g/mol. The highest BCUT2D eigenvalue weighted by molar-refractivity contribution is 5.72. The van der Waals surface area contributed by atoms with Gasteiger partial charge in [-0.25, -0.2) is 19.4 Å². The number of nitrogens with zero attached hydrogens (tertiary/aromatic N) is 1. The number of rotatable bonds is 20. The molecule has 1 N–H and O–H groups in total. The van der Waals surface area contributed by atoms with Crippen LogP contribution in [-0.2, 0) is 24.2 Å². The van der Waals surface area contributed by atoms with Crippen molar-refractivity contribution in [1.29, 1.82) is 0 Å². The maximum Gasteiger partial charge on any atom is 0.355 e. The van der Waals surface area contributed by atoms with E-state index in [1.165, 1.54) is 44.9 Å². The maximum absolute atomic E-state index is 11.5. The SMILES string of the molecule is CN(C)CCCC(=O)OOC(=O)CCCCCCCCCCCCCCCC(=O)O. The zero-order chi connectivity index (χ0) is 22.5. The van der Waals surface area contributed by atoms with E-state index in [1.807, 2.05) is 19.0 Å². The number of hydrogen-bond acceptors (Lipinski definition) is 6. The van der Waals surface area contributed by atoms with Crippen LogP contribution in [0.1, 0.15) is 109 Å². The highest BCUT2D eigenvalue weighted by Crippen LogP contribution is 2.13. The summed E-state index contributed by atoms with van der Waals surface area (Å²) in [6.45, 7) is 0.791. The van der Waals surface area contributed by atoms with Crippen molar-refractivity contribution in [3.8, 4) is 0 Å². The summed E-state index contributed by atoms with van der Waals surface area (Å²) in [5.74, 6) is -1.66. The van der Waals surface area contributed by atoms with Gasteiger partial charge in [0.1, 0.15) is 0 Å². The van der Waals surface area contributed by atoms with Crippen LogP contribution in [0.5, 0.6) is 0 Å². The summed E-state index contributed by atoms with van der Waals surface area (Å²) in [6.07, 6.45) is 16.0. The fourth-order valence-electron chi connectivity index (χ4n) is 3.21. The van der Waals surface area contributed by atoms with Crippen LogP contribution in [0.3, 0.4) is 0 Å². The fraction of sp³-hybridized carbons (Fsp3) is 0.870. The highest BCUT2D eigenvalue weighted by Gasteiger charge is 2.09. The van der Waals surface area contributed by atoms with E-state index in [0.717, 1.165) is 45.1 Å². The first-order chi connectivity index (χ1) is 14.4. The molecule has 0 aromatic rings. The molecule has 0 aliphatic heterocycles. The van der Waals surface area contributed by atoms with Gasteiger partial charge in [0.15, 0.2) is 0 Å². The van der Waals surface area contributed by atoms with Gasteiger partial charge < -0.3 is 10.0 Å². The smallest absolute Gasteiger partial charge is 0.355 e. The van der Waals surface area contributed by atoms with Crippen LogP contribution in [0.15, 0.2) is 0 Å². The third kappa shape index (κ3) is 22.7. The molecular weight excluding hydrogens is 386 g/mol. The molecule has 30 heavy (non-hydrogen) atoms. The van der Waals surface area contributed by atoms with Gasteiger partial charge in [0.2, 0.25) is 0 Å². The normalized spacial score (nSPS) is 10.9. The monoisotopic (exact) mass is 429 g/mol. The van der Waals surface area contributed by atoms with Crippen molar-refractivity contribution < 1.29 is 29.3 Å². The second-order valence-electron chi connectivity index (χ2n) is 8.31. The molecule has 0 atom stereocenters. The first-order valence-electron chi connectivity index (χ1n) is 11.7. The molecule has 0 aliphatic carbocycles. The Labute approximate surface area is 182 Å². The minimum Gasteiger partial charge on any atom is -0.481 e. The summed E-state index contributed by atoms with van der Waals surface area (Å²) in [6, 6.07) is 0. The van der Waals surface area contributed by atoms with Crippen LogP contribution < -0.4 is 0 Å². The van der Waals surface area contributed by atoms with Gasteiger partial charge in [0, 0.05) is 6.42 Å². The summed E-state index contributed by atoms with van der Waals surface area (Å²) in [5.41, 5.74) is 0. The van der Waals surface area contributed by atoms with Crippen LogP contribution >= 0.6 is 0 Å². The minimum absolute atomic E-state index is 0.248. The van der Waals surface area contributed by atoms with E-state index in [0.29, 0.717) is 12.8 Å². The van der Waals surface area contributed by atoms with Crippen LogP contribution in [-0.4, -0.2) is 48.6 Å². The lowest BCUT2D eigenvalue weighted by Crippen LogP contribution is -2.16. The van der Waals surface area contributed by atoms with Crippen molar-refractivity contribution in [2.45, 2.75) is 109 Å². The predicted molar refractivity (Wildman–Crippen MR) is 117 cm³/mol. The lowest BCUT2D eigenvalue weighted by molar-refractivity contribution is -0.259. The number of aliphatic carboxylic acids is 1. The average Bonchev–Trinajstić information content (AvgIpc) is 2.68. The summed E-state index contributed by atoms with van der Waals surface area (Å²) in [4.78, 5) is 44.4. The predicted octanol–water partition coefficient (Wildman–Crippen LogP) is 5.27. The molecule has 7 nitrogen and oxygen atoms in total. The Morgan fingerprint density at radius 3 is 1.27 bits per heavy atom. The van der Waals surface area contributed by atoms with Gasteiger partial charge in [-0.1, -0.05) is 70.6 Å². The van der Waals surface area contributed by atoms with E-state index >= 15 is 0 Å². The van der Waals surface area contributed by atoms with Crippen molar-refractivity contribution in [2.75, 3.05) is 20.6 Å². The highest BCUT2D eigenvalue weighted by atomic mass is 17.2. The van der Waals surface area contributed by atoms with Gasteiger partial charge >= 0.3 is 17.9 Å². The first kappa shape index (κ1) is 28.4. The Balaban J connectivity index is 3.27. The second kappa shape index (κ2) is 20.6. The standard InChI is InChI=1S/C23H43NO6/c1-24(2)20-16-19-23(28)30-29-22(27)18-15-13-11-9-7-5-3-4-6-8-10-12-14-17-21(25)26/h3-20H2,1-2H3,(H,25,26). The van der Waals surface area contributed by atoms with E-state index in [1.54, 1.807) is 0 Å². The molecular formula is C23H43NO6. The zero-order valence-electron chi connectivity index (χ0n) is 19.2. The molecule has 0 radical (unpaired) electrons. The molecule has 0 fully saturated rings. The van der Waals surface area contributed by atoms with Crippen LogP contribution in [0.25, 0.3) is 0 Å². The Morgan fingerprint density at radius 2 is 0.900 bits per heavy atom. The number of hydrogen-bond donors (Lipinski definition) is 1. The number of carbonyl (C=O) groups excluding carboxylic acids is 2. The van der Waals surface area contributed by atoms with E-state index in [9.17, 15) is 14.4 Å². The third-order valence-electron chi connectivity index (χ3n) is 4.99. The Hall–Kier alpha value is -1.63. The molecule has 0 spiro atoms. The first-order valence-corrected chi connectivity index (χ1v) is 11.7. The van der Waals surface area contributed by atoms with Crippen LogP contribution in [0, 0.1) is 0 Å². The molecule has 176 valence electrons. The molecule has 0 aliphatic rings. The van der Waals surface area contributed by atoms with Gasteiger partial charge in [-0.05, 0) is 39.9 Å². The largest absolute Gasteiger partial charge is 0.481 e. The summed E-state index contributed by atoms with van der Waals surface area (Å²) >= 11 is 0. The van der Waals surface area contributed by atoms with E-state index in [-0.39, 0.29) is 12.8 Å². The lowest BCUT2D eigenvalue weighted by atomic mass is 10.0. The number of carboxylic acid groups (broad SMARTS) is 1. The van der Waals surface area contributed by atoms with E-state index in [4.69, 9.17) is 5.11 Å². The van der Waals surface area contributed by atoms with Gasteiger partial charge in [0.25, 0.3) is 0 Å². The van der Waals surface area contributed by atoms with Crippen molar-refractivity contribution in [3.63, 3.8) is 0 Å². The van der Waals surface area contributed by atoms with Crippen molar-refractivity contribution in [1.82, 2.24) is 4.90 Å². The van der Waals surface area contributed by atoms with Crippen molar-refractivity contribution in [2.24, 2.45) is 0 Å². The summed E-state index contributed by atoms with van der Waals surface area (Å²) in [5, 5.41) is 8.57. The molecule has 7 heteroatoms. The van der Waals surface area contributed by atoms with Gasteiger partial charge in [-0.15, -0.1) is 0 Å². The van der Waals surface area contributed by atoms with Gasteiger partial charge in [0.05, 0.1) is 12.8 Å². The molecule has 0 aromatic carbocycles. The van der Waals surface area contributed by atoms with Gasteiger partial charge in [-0.3, -0.25) is 4.79 Å². The summed E-state index contributed by atoms with van der Waals surface area (Å²) in [7, 11) is 3.87. The Morgan fingerprint density at radius 1 is 0.567 bits per heavy atom. The molecule has 0 saturated carbocycles. The quantitative estimate of drug-likeness (QED) is 0.160. The van der Waals surface area contributed by atoms with Crippen molar-refractivity contribution >= 4 is 17.9 Å². The molecule has 0 bridgehead atoms.